The fraction of sp³-hybridized carbons (Fsp3) is 0.769. The number of ketones is 1. The Kier molecular flexibility index (Phi) is 6.22. The van der Waals surface area contributed by atoms with Gasteiger partial charge in [0, 0.05) is 17.8 Å². The number of hydrogen-bond acceptors (Lipinski definition) is 5. The van der Waals surface area contributed by atoms with Crippen molar-refractivity contribution in [2.75, 3.05) is 0 Å². The Bertz CT molecular complexity index is 413. The highest BCUT2D eigenvalue weighted by Crippen LogP contribution is 2.36. The maximum absolute atomic E-state index is 12.4. The molecule has 0 aromatic rings. The average Bonchev–Trinajstić information content (AvgIpc) is 2.71. The van der Waals surface area contributed by atoms with Gasteiger partial charge in [0.05, 0.1) is 0 Å². The number of carbonyl (C=O) groups excluding carboxylic acids is 2. The van der Waals surface area contributed by atoms with Crippen molar-refractivity contribution in [1.82, 2.24) is 0 Å². The van der Waals surface area contributed by atoms with E-state index in [9.17, 15) is 9.59 Å². The van der Waals surface area contributed by atoms with E-state index < -0.39 is 11.9 Å². The third-order valence-electron chi connectivity index (χ3n) is 4.07. The summed E-state index contributed by atoms with van der Waals surface area (Å²) in [6.45, 7) is 7.46. The van der Waals surface area contributed by atoms with Gasteiger partial charge in [-0.1, -0.05) is 25.9 Å². The van der Waals surface area contributed by atoms with E-state index >= 15 is 0 Å². The lowest BCUT2D eigenvalue weighted by molar-refractivity contribution is -0.142. The van der Waals surface area contributed by atoms with Gasteiger partial charge >= 0.3 is 5.97 Å². The van der Waals surface area contributed by atoms with Gasteiger partial charge in [-0.05, 0) is 13.3 Å². The SMILES string of the molecule is CC[C@@H](C)C(=O)C(C)C1C(C)OC(=O)C1/C(N)=N/OI. The molecule has 0 aromatic heterocycles. The number of nitrogens with zero attached hydrogens (tertiary/aromatic N) is 1. The standard InChI is InChI=1S/C13H21IN2O4/c1-5-6(2)11(17)7(3)9-8(4)19-13(18)10(9)12(15)16-20-14/h6-10H,5H2,1-4H3,(H2,15,16)/t6-,7?,8?,9?,10?/m1/s1. The highest BCUT2D eigenvalue weighted by Gasteiger charge is 2.49. The number of amidine groups is 1. The Labute approximate surface area is 133 Å². The van der Waals surface area contributed by atoms with Crippen molar-refractivity contribution >= 4 is 40.6 Å². The summed E-state index contributed by atoms with van der Waals surface area (Å²) in [4.78, 5) is 24.3. The third kappa shape index (κ3) is 3.42. The number of oxime groups is 1. The Morgan fingerprint density at radius 3 is 2.65 bits per heavy atom. The number of Topliss-reactive ketones (excluding diaryl/α,β-unsaturated/α-hetero) is 1. The molecule has 1 saturated heterocycles. The number of halogens is 1. The Morgan fingerprint density at radius 1 is 1.55 bits per heavy atom. The van der Waals surface area contributed by atoms with Gasteiger partial charge < -0.3 is 13.6 Å². The summed E-state index contributed by atoms with van der Waals surface area (Å²) in [5.41, 5.74) is 5.79. The second-order valence-electron chi connectivity index (χ2n) is 5.28. The molecule has 0 aromatic carbocycles. The van der Waals surface area contributed by atoms with Crippen molar-refractivity contribution < 1.29 is 17.5 Å². The highest BCUT2D eigenvalue weighted by molar-refractivity contribution is 14.1. The van der Waals surface area contributed by atoms with Crippen LogP contribution in [0.25, 0.3) is 0 Å². The van der Waals surface area contributed by atoms with Crippen molar-refractivity contribution in [3.05, 3.63) is 0 Å². The molecule has 0 aliphatic carbocycles. The Balaban J connectivity index is 3.02. The maximum Gasteiger partial charge on any atom is 0.317 e. The molecule has 5 atom stereocenters. The molecule has 0 amide bonds. The van der Waals surface area contributed by atoms with E-state index in [1.54, 1.807) is 29.9 Å². The summed E-state index contributed by atoms with van der Waals surface area (Å²) in [7, 11) is 0. The molecule has 2 N–H and O–H groups in total. The lowest BCUT2D eigenvalue weighted by Crippen LogP contribution is -2.39. The van der Waals surface area contributed by atoms with Crippen molar-refractivity contribution in [2.24, 2.45) is 34.6 Å². The van der Waals surface area contributed by atoms with Crippen LogP contribution >= 0.6 is 23.0 Å². The van der Waals surface area contributed by atoms with Crippen LogP contribution in [0.1, 0.15) is 34.1 Å². The molecule has 114 valence electrons. The smallest absolute Gasteiger partial charge is 0.317 e. The van der Waals surface area contributed by atoms with E-state index in [4.69, 9.17) is 10.5 Å². The van der Waals surface area contributed by atoms with Crippen LogP contribution in [-0.2, 0) is 17.5 Å². The molecule has 0 bridgehead atoms. The highest BCUT2D eigenvalue weighted by atomic mass is 127. The van der Waals surface area contributed by atoms with E-state index in [2.05, 4.69) is 8.32 Å². The van der Waals surface area contributed by atoms with Crippen LogP contribution in [0.3, 0.4) is 0 Å². The largest absolute Gasteiger partial charge is 0.462 e. The quantitative estimate of drug-likeness (QED) is 0.244. The second-order valence-corrected chi connectivity index (χ2v) is 5.68. The molecule has 1 aliphatic heterocycles. The monoisotopic (exact) mass is 396 g/mol. The molecule has 6 nitrogen and oxygen atoms in total. The van der Waals surface area contributed by atoms with Crippen LogP contribution in [0.2, 0.25) is 0 Å². The number of cyclic esters (lactones) is 1. The van der Waals surface area contributed by atoms with Gasteiger partial charge in [-0.25, -0.2) is 0 Å². The molecule has 1 aliphatic rings. The van der Waals surface area contributed by atoms with Crippen molar-refractivity contribution in [2.45, 2.75) is 40.2 Å². The number of nitrogens with two attached hydrogens (primary N) is 1. The van der Waals surface area contributed by atoms with Gasteiger partial charge in [0.1, 0.15) is 17.8 Å². The Hall–Kier alpha value is -0.860. The summed E-state index contributed by atoms with van der Waals surface area (Å²) in [5.74, 6) is -1.66. The van der Waals surface area contributed by atoms with E-state index in [1.165, 1.54) is 0 Å². The average molecular weight is 396 g/mol. The topological polar surface area (TPSA) is 91.0 Å². The summed E-state index contributed by atoms with van der Waals surface area (Å²) in [6, 6.07) is 0. The zero-order valence-electron chi connectivity index (χ0n) is 12.1. The number of carbonyl (C=O) groups is 2. The minimum Gasteiger partial charge on any atom is -0.462 e. The summed E-state index contributed by atoms with van der Waals surface area (Å²) in [6.07, 6.45) is 0.406. The van der Waals surface area contributed by atoms with E-state index in [1.807, 2.05) is 20.8 Å². The first-order valence-corrected chi connectivity index (χ1v) is 7.58. The van der Waals surface area contributed by atoms with Gasteiger partial charge in [0.15, 0.2) is 5.84 Å². The van der Waals surface area contributed by atoms with E-state index in [-0.39, 0.29) is 35.5 Å². The second kappa shape index (κ2) is 7.24. The van der Waals surface area contributed by atoms with Gasteiger partial charge in [-0.3, -0.25) is 9.59 Å². The van der Waals surface area contributed by atoms with Crippen LogP contribution in [0.4, 0.5) is 0 Å². The van der Waals surface area contributed by atoms with E-state index in [0.29, 0.717) is 0 Å². The predicted octanol–water partition coefficient (Wildman–Crippen LogP) is 2.05. The van der Waals surface area contributed by atoms with Gasteiger partial charge in [-0.15, -0.1) is 0 Å². The van der Waals surface area contributed by atoms with Crippen LogP contribution in [0, 0.1) is 23.7 Å². The van der Waals surface area contributed by atoms with Crippen molar-refractivity contribution in [3.63, 3.8) is 0 Å². The molecule has 20 heavy (non-hydrogen) atoms. The minimum absolute atomic E-state index is 0.0486. The first-order valence-electron chi connectivity index (χ1n) is 6.70. The number of rotatable bonds is 6. The molecule has 7 heteroatoms. The summed E-state index contributed by atoms with van der Waals surface area (Å²) in [5, 5.41) is 3.62. The first kappa shape index (κ1) is 17.2. The molecule has 1 rings (SSSR count). The molecule has 1 heterocycles. The molecule has 0 radical (unpaired) electrons. The first-order chi connectivity index (χ1) is 9.34. The summed E-state index contributed by atoms with van der Waals surface area (Å²) >= 11 is 1.57. The minimum atomic E-state index is -0.720. The van der Waals surface area contributed by atoms with Gasteiger partial charge in [0.2, 0.25) is 23.0 Å². The number of hydrogen-bond donors (Lipinski definition) is 1. The van der Waals surface area contributed by atoms with Gasteiger partial charge in [-0.2, -0.15) is 0 Å². The molecule has 0 spiro atoms. The molecule has 0 saturated carbocycles. The lowest BCUT2D eigenvalue weighted by Gasteiger charge is -2.25. The van der Waals surface area contributed by atoms with Crippen LogP contribution in [-0.4, -0.2) is 23.7 Å². The lowest BCUT2D eigenvalue weighted by atomic mass is 9.75. The number of ether oxygens (including phenoxy) is 1. The van der Waals surface area contributed by atoms with E-state index in [0.717, 1.165) is 6.42 Å². The van der Waals surface area contributed by atoms with Crippen LogP contribution in [0.15, 0.2) is 5.16 Å². The summed E-state index contributed by atoms with van der Waals surface area (Å²) < 4.78 is 9.83. The molecule has 1 fully saturated rings. The molecular weight excluding hydrogens is 375 g/mol. The Morgan fingerprint density at radius 2 is 2.15 bits per heavy atom. The normalized spacial score (nSPS) is 29.8. The third-order valence-corrected chi connectivity index (χ3v) is 4.26. The van der Waals surface area contributed by atoms with Crippen LogP contribution in [0.5, 0.6) is 0 Å². The zero-order valence-corrected chi connectivity index (χ0v) is 14.3. The number of esters is 1. The van der Waals surface area contributed by atoms with Crippen LogP contribution < -0.4 is 5.73 Å². The van der Waals surface area contributed by atoms with Crippen molar-refractivity contribution in [1.29, 1.82) is 0 Å². The fourth-order valence-electron chi connectivity index (χ4n) is 2.71. The fourth-order valence-corrected chi connectivity index (χ4v) is 2.94. The predicted molar refractivity (Wildman–Crippen MR) is 82.9 cm³/mol. The van der Waals surface area contributed by atoms with Gasteiger partial charge in [0.25, 0.3) is 0 Å². The maximum atomic E-state index is 12.4. The van der Waals surface area contributed by atoms with Crippen molar-refractivity contribution in [3.8, 4) is 0 Å². The zero-order chi connectivity index (χ0) is 15.4. The molecular formula is C13H21IN2O4. The molecule has 4 unspecified atom stereocenters.